The van der Waals surface area contributed by atoms with Crippen molar-refractivity contribution in [3.63, 3.8) is 0 Å². The van der Waals surface area contributed by atoms with Crippen molar-refractivity contribution in [3.8, 4) is 17.2 Å². The van der Waals surface area contributed by atoms with Crippen LogP contribution in [0.3, 0.4) is 0 Å². The Hall–Kier alpha value is -2.83. The van der Waals surface area contributed by atoms with E-state index in [9.17, 15) is 18.0 Å². The Bertz CT molecular complexity index is 844. The summed E-state index contributed by atoms with van der Waals surface area (Å²) in [7, 11) is 4.42. The average molecular weight is 421 g/mol. The number of carbonyl (C=O) groups excluding carboxylic acids is 1. The Morgan fingerprint density at radius 3 is 2.29 bits per heavy atom. The fourth-order valence-electron chi connectivity index (χ4n) is 2.17. The second-order valence-corrected chi connectivity index (χ2v) is 6.20. The van der Waals surface area contributed by atoms with Crippen LogP contribution < -0.4 is 25.4 Å². The van der Waals surface area contributed by atoms with Crippen molar-refractivity contribution in [3.05, 3.63) is 23.5 Å². The first kappa shape index (κ1) is 21.5. The largest absolute Gasteiger partial charge is 0.496 e. The number of carbonyl (C=O) groups is 1. The molecule has 0 aliphatic rings. The minimum absolute atomic E-state index is 0.103. The van der Waals surface area contributed by atoms with E-state index in [1.54, 1.807) is 12.1 Å². The normalized spacial score (nSPS) is 11.2. The first-order valence-electron chi connectivity index (χ1n) is 7.67. The lowest BCUT2D eigenvalue weighted by atomic mass is 10.1. The van der Waals surface area contributed by atoms with E-state index in [1.165, 1.54) is 21.3 Å². The van der Waals surface area contributed by atoms with E-state index in [0.717, 1.165) is 11.8 Å². The summed E-state index contributed by atoms with van der Waals surface area (Å²) in [5.74, 6) is 4.72. The maximum atomic E-state index is 12.6. The number of rotatable bonds is 8. The number of methoxy groups -OCH3 is 3. The lowest BCUT2D eigenvalue weighted by Gasteiger charge is -2.14. The van der Waals surface area contributed by atoms with Gasteiger partial charge in [-0.1, -0.05) is 11.8 Å². The number of ether oxygens (including phenoxy) is 3. The second-order valence-electron chi connectivity index (χ2n) is 5.26. The molecule has 0 saturated carbocycles. The standard InChI is InChI=1S/C15H18F3N5O4S/c1-25-9-5-11(27-3)10(26-2)4-8(9)6-20-12(24)7-28-14-22-21-13(23(14)19)15(16,17)18/h4-5H,6-7,19H2,1-3H3,(H,20,24). The second kappa shape index (κ2) is 8.91. The van der Waals surface area contributed by atoms with E-state index < -0.39 is 17.9 Å². The molecule has 154 valence electrons. The summed E-state index contributed by atoms with van der Waals surface area (Å²) in [6.07, 6.45) is -4.73. The fraction of sp³-hybridized carbons (Fsp3) is 0.400. The summed E-state index contributed by atoms with van der Waals surface area (Å²) in [5, 5.41) is 8.73. The maximum absolute atomic E-state index is 12.6. The van der Waals surface area contributed by atoms with E-state index in [1.807, 2.05) is 0 Å². The fourth-order valence-corrected chi connectivity index (χ4v) is 2.86. The molecule has 28 heavy (non-hydrogen) atoms. The van der Waals surface area contributed by atoms with Crippen molar-refractivity contribution in [2.75, 3.05) is 32.9 Å². The van der Waals surface area contributed by atoms with Gasteiger partial charge in [-0.2, -0.15) is 13.2 Å². The smallest absolute Gasteiger partial charge is 0.453 e. The van der Waals surface area contributed by atoms with Crippen LogP contribution in [0.5, 0.6) is 17.2 Å². The highest BCUT2D eigenvalue weighted by Gasteiger charge is 2.38. The first-order valence-corrected chi connectivity index (χ1v) is 8.65. The number of nitrogens with one attached hydrogen (secondary N) is 1. The van der Waals surface area contributed by atoms with Gasteiger partial charge < -0.3 is 25.4 Å². The van der Waals surface area contributed by atoms with E-state index in [2.05, 4.69) is 15.5 Å². The van der Waals surface area contributed by atoms with Crippen LogP contribution in [0, 0.1) is 0 Å². The summed E-state index contributed by atoms with van der Waals surface area (Å²) >= 11 is 0.727. The first-order chi connectivity index (χ1) is 13.2. The number of nitrogens with zero attached hydrogens (tertiary/aromatic N) is 3. The summed E-state index contributed by atoms with van der Waals surface area (Å²) < 4.78 is 53.9. The van der Waals surface area contributed by atoms with Gasteiger partial charge in [0.1, 0.15) is 5.75 Å². The van der Waals surface area contributed by atoms with Gasteiger partial charge in [0.05, 0.1) is 27.1 Å². The molecule has 1 heterocycles. The molecular weight excluding hydrogens is 403 g/mol. The molecule has 3 N–H and O–H groups in total. The van der Waals surface area contributed by atoms with Crippen LogP contribution >= 0.6 is 11.8 Å². The zero-order valence-corrected chi connectivity index (χ0v) is 16.0. The van der Waals surface area contributed by atoms with Crippen molar-refractivity contribution in [1.29, 1.82) is 0 Å². The quantitative estimate of drug-likeness (QED) is 0.486. The molecule has 0 bridgehead atoms. The lowest BCUT2D eigenvalue weighted by molar-refractivity contribution is -0.146. The van der Waals surface area contributed by atoms with Crippen molar-refractivity contribution in [2.24, 2.45) is 0 Å². The molecule has 0 saturated heterocycles. The molecule has 2 rings (SSSR count). The Morgan fingerprint density at radius 2 is 1.75 bits per heavy atom. The number of aromatic nitrogens is 3. The highest BCUT2D eigenvalue weighted by atomic mass is 32.2. The maximum Gasteiger partial charge on any atom is 0.453 e. The topological polar surface area (TPSA) is 114 Å². The van der Waals surface area contributed by atoms with Gasteiger partial charge >= 0.3 is 6.18 Å². The third-order valence-corrected chi connectivity index (χ3v) is 4.46. The van der Waals surface area contributed by atoms with Gasteiger partial charge in [0.15, 0.2) is 11.5 Å². The Labute approximate surface area is 162 Å². The molecule has 0 atom stereocenters. The van der Waals surface area contributed by atoms with E-state index in [-0.39, 0.29) is 17.5 Å². The highest BCUT2D eigenvalue weighted by molar-refractivity contribution is 7.99. The van der Waals surface area contributed by atoms with Gasteiger partial charge in [-0.05, 0) is 6.07 Å². The molecule has 13 heteroatoms. The SMILES string of the molecule is COc1cc(OC)c(OC)cc1CNC(=O)CSc1nnc(C(F)(F)F)n1N. The molecule has 0 unspecified atom stereocenters. The number of halogens is 3. The number of nitrogen functional groups attached to an aromatic ring is 1. The zero-order valence-electron chi connectivity index (χ0n) is 15.2. The number of thioether (sulfide) groups is 1. The molecule has 9 nitrogen and oxygen atoms in total. The van der Waals surface area contributed by atoms with Crippen LogP contribution in [0.2, 0.25) is 0 Å². The highest BCUT2D eigenvalue weighted by Crippen LogP contribution is 2.34. The summed E-state index contributed by atoms with van der Waals surface area (Å²) in [5.41, 5.74) is 0.625. The van der Waals surface area contributed by atoms with Crippen LogP contribution in [-0.2, 0) is 17.5 Å². The molecule has 1 amide bonds. The minimum atomic E-state index is -4.73. The van der Waals surface area contributed by atoms with Gasteiger partial charge in [0.25, 0.3) is 5.82 Å². The Morgan fingerprint density at radius 1 is 1.14 bits per heavy atom. The number of amides is 1. The Kier molecular flexibility index (Phi) is 6.83. The molecule has 0 radical (unpaired) electrons. The lowest BCUT2D eigenvalue weighted by Crippen LogP contribution is -2.25. The van der Waals surface area contributed by atoms with Gasteiger partial charge in [0, 0.05) is 18.2 Å². The van der Waals surface area contributed by atoms with Crippen molar-refractivity contribution in [2.45, 2.75) is 17.9 Å². The molecule has 0 aliphatic heterocycles. The number of alkyl halides is 3. The third-order valence-electron chi connectivity index (χ3n) is 3.51. The van der Waals surface area contributed by atoms with E-state index in [0.29, 0.717) is 27.5 Å². The predicted octanol–water partition coefficient (Wildman–Crippen LogP) is 1.44. The van der Waals surface area contributed by atoms with E-state index >= 15 is 0 Å². The molecule has 1 aromatic heterocycles. The van der Waals surface area contributed by atoms with Crippen LogP contribution in [0.1, 0.15) is 11.4 Å². The predicted molar refractivity (Wildman–Crippen MR) is 93.8 cm³/mol. The van der Waals surface area contributed by atoms with Crippen LogP contribution in [-0.4, -0.2) is 47.9 Å². The van der Waals surface area contributed by atoms with Crippen molar-refractivity contribution < 1.29 is 32.2 Å². The van der Waals surface area contributed by atoms with E-state index in [4.69, 9.17) is 20.1 Å². The average Bonchev–Trinajstić information content (AvgIpc) is 3.04. The van der Waals surface area contributed by atoms with Crippen LogP contribution in [0.15, 0.2) is 17.3 Å². The minimum Gasteiger partial charge on any atom is -0.496 e. The number of nitrogens with two attached hydrogens (primary N) is 1. The molecular formula is C15H18F3N5O4S. The van der Waals surface area contributed by atoms with Crippen molar-refractivity contribution >= 4 is 17.7 Å². The number of benzene rings is 1. The van der Waals surface area contributed by atoms with Crippen LogP contribution in [0.25, 0.3) is 0 Å². The molecule has 0 spiro atoms. The zero-order chi connectivity index (χ0) is 20.9. The molecule has 1 aromatic carbocycles. The van der Waals surface area contributed by atoms with Gasteiger partial charge in [-0.3, -0.25) is 4.79 Å². The molecule has 2 aromatic rings. The van der Waals surface area contributed by atoms with Crippen molar-refractivity contribution in [1.82, 2.24) is 20.2 Å². The Balaban J connectivity index is 1.99. The van der Waals surface area contributed by atoms with Gasteiger partial charge in [-0.15, -0.1) is 10.2 Å². The summed E-state index contributed by atoms with van der Waals surface area (Å²) in [6.45, 7) is 0.103. The van der Waals surface area contributed by atoms with Gasteiger partial charge in [-0.25, -0.2) is 4.68 Å². The summed E-state index contributed by atoms with van der Waals surface area (Å²) in [4.78, 5) is 12.0. The molecule has 0 aliphatic carbocycles. The third kappa shape index (κ3) is 4.91. The molecule has 0 fully saturated rings. The number of hydrogen-bond donors (Lipinski definition) is 2. The monoisotopic (exact) mass is 421 g/mol. The summed E-state index contributed by atoms with van der Waals surface area (Å²) in [6, 6.07) is 3.27. The van der Waals surface area contributed by atoms with Gasteiger partial charge in [0.2, 0.25) is 11.1 Å². The number of hydrogen-bond acceptors (Lipinski definition) is 8. The van der Waals surface area contributed by atoms with Crippen LogP contribution in [0.4, 0.5) is 13.2 Å².